The molecule has 1 aromatic rings. The normalized spacial score (nSPS) is 13.0. The van der Waals surface area contributed by atoms with Gasteiger partial charge in [-0.3, -0.25) is 9.59 Å². The smallest absolute Gasteiger partial charge is 0.306 e. The van der Waals surface area contributed by atoms with E-state index in [0.717, 1.165) is 11.1 Å². The van der Waals surface area contributed by atoms with Gasteiger partial charge in [0.2, 0.25) is 0 Å². The third kappa shape index (κ3) is 11.0. The molecule has 1 rings (SSSR count). The number of hydrogen-bond acceptors (Lipinski definition) is 6. The lowest BCUT2D eigenvalue weighted by molar-refractivity contribution is -0.146. The van der Waals surface area contributed by atoms with Gasteiger partial charge in [0.15, 0.2) is 0 Å². The molecule has 0 aliphatic carbocycles. The Bertz CT molecular complexity index is 518. The molecule has 0 aliphatic heterocycles. The van der Waals surface area contributed by atoms with E-state index in [1.807, 2.05) is 38.1 Å². The van der Waals surface area contributed by atoms with Gasteiger partial charge in [-0.25, -0.2) is 0 Å². The van der Waals surface area contributed by atoms with Crippen molar-refractivity contribution in [1.82, 2.24) is 0 Å². The van der Waals surface area contributed by atoms with E-state index in [1.165, 1.54) is 0 Å². The second-order valence-corrected chi connectivity index (χ2v) is 7.45. The Hall–Kier alpha value is -1.92. The predicted octanol–water partition coefficient (Wildman–Crippen LogP) is 3.37. The van der Waals surface area contributed by atoms with E-state index < -0.39 is 0 Å². The summed E-state index contributed by atoms with van der Waals surface area (Å²) in [6.45, 7) is 4.73. The molecule has 2 atom stereocenters. The van der Waals surface area contributed by atoms with Gasteiger partial charge >= 0.3 is 11.9 Å². The van der Waals surface area contributed by atoms with Crippen LogP contribution < -0.4 is 0 Å². The molecule has 0 spiro atoms. The molecule has 0 bridgehead atoms. The molecule has 0 saturated carbocycles. The molecule has 2 N–H and O–H groups in total. The average Bonchev–Trinajstić information content (AvgIpc) is 2.69. The van der Waals surface area contributed by atoms with Crippen molar-refractivity contribution in [3.63, 3.8) is 0 Å². The minimum absolute atomic E-state index is 0.140. The Morgan fingerprint density at radius 2 is 1.11 bits per heavy atom. The van der Waals surface area contributed by atoms with Crippen molar-refractivity contribution < 1.29 is 29.3 Å². The number of esters is 2. The van der Waals surface area contributed by atoms with Crippen LogP contribution >= 0.6 is 0 Å². The Kier molecular flexibility index (Phi) is 12.2. The molecule has 0 fully saturated rings. The summed E-state index contributed by atoms with van der Waals surface area (Å²) in [6, 6.07) is 7.42. The lowest BCUT2D eigenvalue weighted by Crippen LogP contribution is -2.08. The minimum atomic E-state index is -0.238. The number of aliphatic hydroxyl groups excluding tert-OH is 2. The number of carbonyl (C=O) groups excluding carboxylic acids is 2. The van der Waals surface area contributed by atoms with Crippen molar-refractivity contribution >= 4 is 11.9 Å². The van der Waals surface area contributed by atoms with E-state index in [1.54, 1.807) is 0 Å². The number of carbonyl (C=O) groups is 2. The topological polar surface area (TPSA) is 93.1 Å². The zero-order valence-electron chi connectivity index (χ0n) is 17.1. The van der Waals surface area contributed by atoms with Crippen LogP contribution in [0.15, 0.2) is 24.3 Å². The maximum absolute atomic E-state index is 11.8. The van der Waals surface area contributed by atoms with Crippen molar-refractivity contribution in [2.75, 3.05) is 13.2 Å². The average molecular weight is 395 g/mol. The summed E-state index contributed by atoms with van der Waals surface area (Å²) < 4.78 is 10.5. The van der Waals surface area contributed by atoms with Gasteiger partial charge in [-0.05, 0) is 48.6 Å². The number of benzene rings is 1. The van der Waals surface area contributed by atoms with Gasteiger partial charge in [0, 0.05) is 26.1 Å². The standard InChI is InChI=1S/C22H34O6/c1-17(11-13-23)3-9-21(25)27-15-19-5-7-20(8-6-19)16-28-22(26)10-4-18(2)12-14-24/h5-8,17-18,23-24H,3-4,9-16H2,1-2H3. The lowest BCUT2D eigenvalue weighted by Gasteiger charge is -2.10. The van der Waals surface area contributed by atoms with Crippen LogP contribution in [0.4, 0.5) is 0 Å². The van der Waals surface area contributed by atoms with E-state index in [0.29, 0.717) is 50.4 Å². The molecule has 158 valence electrons. The molecule has 0 saturated heterocycles. The summed E-state index contributed by atoms with van der Waals surface area (Å²) in [7, 11) is 0. The van der Waals surface area contributed by atoms with E-state index in [9.17, 15) is 9.59 Å². The second-order valence-electron chi connectivity index (χ2n) is 7.45. The first-order valence-corrected chi connectivity index (χ1v) is 10.0. The molecule has 28 heavy (non-hydrogen) atoms. The number of hydrogen-bond donors (Lipinski definition) is 2. The fourth-order valence-electron chi connectivity index (χ4n) is 2.66. The third-order valence-corrected chi connectivity index (χ3v) is 4.75. The molecular formula is C22H34O6. The quantitative estimate of drug-likeness (QED) is 0.470. The molecular weight excluding hydrogens is 360 g/mol. The molecule has 0 aliphatic rings. The van der Waals surface area contributed by atoms with Crippen molar-refractivity contribution in [3.05, 3.63) is 35.4 Å². The summed E-state index contributed by atoms with van der Waals surface area (Å²) in [5.41, 5.74) is 1.76. The molecule has 0 amide bonds. The van der Waals surface area contributed by atoms with Crippen LogP contribution in [0.25, 0.3) is 0 Å². The first-order valence-electron chi connectivity index (χ1n) is 10.0. The third-order valence-electron chi connectivity index (χ3n) is 4.75. The summed E-state index contributed by atoms with van der Waals surface area (Å²) >= 11 is 0. The highest BCUT2D eigenvalue weighted by Gasteiger charge is 2.09. The van der Waals surface area contributed by atoms with Gasteiger partial charge in [0.25, 0.3) is 0 Å². The molecule has 1 aromatic carbocycles. The van der Waals surface area contributed by atoms with Crippen LogP contribution in [-0.4, -0.2) is 35.4 Å². The number of ether oxygens (including phenoxy) is 2. The highest BCUT2D eigenvalue weighted by atomic mass is 16.5. The molecule has 0 radical (unpaired) electrons. The monoisotopic (exact) mass is 394 g/mol. The number of aliphatic hydroxyl groups is 2. The maximum Gasteiger partial charge on any atom is 0.306 e. The highest BCUT2D eigenvalue weighted by Crippen LogP contribution is 2.13. The van der Waals surface area contributed by atoms with Crippen LogP contribution in [0.1, 0.15) is 63.5 Å². The largest absolute Gasteiger partial charge is 0.461 e. The van der Waals surface area contributed by atoms with E-state index in [-0.39, 0.29) is 38.4 Å². The molecule has 0 heterocycles. The molecule has 6 nitrogen and oxygen atoms in total. The Morgan fingerprint density at radius 1 is 0.750 bits per heavy atom. The van der Waals surface area contributed by atoms with Gasteiger partial charge < -0.3 is 19.7 Å². The fourth-order valence-corrected chi connectivity index (χ4v) is 2.66. The van der Waals surface area contributed by atoms with Crippen molar-refractivity contribution in [2.24, 2.45) is 11.8 Å². The van der Waals surface area contributed by atoms with Gasteiger partial charge in [-0.15, -0.1) is 0 Å². The van der Waals surface area contributed by atoms with Crippen LogP contribution in [0, 0.1) is 11.8 Å². The van der Waals surface area contributed by atoms with Crippen molar-refractivity contribution in [1.29, 1.82) is 0 Å². The maximum atomic E-state index is 11.8. The van der Waals surface area contributed by atoms with E-state index in [2.05, 4.69) is 0 Å². The molecule has 0 aromatic heterocycles. The zero-order valence-corrected chi connectivity index (χ0v) is 17.1. The highest BCUT2D eigenvalue weighted by molar-refractivity contribution is 5.69. The summed E-state index contributed by atoms with van der Waals surface area (Å²) in [5.74, 6) is 0.131. The minimum Gasteiger partial charge on any atom is -0.461 e. The van der Waals surface area contributed by atoms with Gasteiger partial charge in [0.05, 0.1) is 0 Å². The Morgan fingerprint density at radius 3 is 1.43 bits per heavy atom. The first-order chi connectivity index (χ1) is 13.4. The lowest BCUT2D eigenvalue weighted by atomic mass is 10.0. The van der Waals surface area contributed by atoms with E-state index in [4.69, 9.17) is 19.7 Å². The second kappa shape index (κ2) is 14.1. The Labute approximate surface area is 167 Å². The van der Waals surface area contributed by atoms with Crippen LogP contribution in [0.2, 0.25) is 0 Å². The summed E-state index contributed by atoms with van der Waals surface area (Å²) in [4.78, 5) is 23.5. The predicted molar refractivity (Wildman–Crippen MR) is 106 cm³/mol. The number of rotatable bonds is 14. The van der Waals surface area contributed by atoms with Gasteiger partial charge in [-0.2, -0.15) is 0 Å². The van der Waals surface area contributed by atoms with Gasteiger partial charge in [0.1, 0.15) is 13.2 Å². The van der Waals surface area contributed by atoms with E-state index >= 15 is 0 Å². The van der Waals surface area contributed by atoms with Crippen LogP contribution in [0.5, 0.6) is 0 Å². The molecule has 2 unspecified atom stereocenters. The zero-order chi connectivity index (χ0) is 20.8. The first kappa shape index (κ1) is 24.1. The fraction of sp³-hybridized carbons (Fsp3) is 0.636. The van der Waals surface area contributed by atoms with Crippen LogP contribution in [-0.2, 0) is 32.3 Å². The molecule has 6 heteroatoms. The van der Waals surface area contributed by atoms with Crippen molar-refractivity contribution in [3.8, 4) is 0 Å². The van der Waals surface area contributed by atoms with Crippen molar-refractivity contribution in [2.45, 2.75) is 65.6 Å². The Balaban J connectivity index is 2.26. The van der Waals surface area contributed by atoms with Gasteiger partial charge in [-0.1, -0.05) is 38.1 Å². The summed E-state index contributed by atoms with van der Waals surface area (Å²) in [6.07, 6.45) is 3.52. The van der Waals surface area contributed by atoms with Crippen LogP contribution in [0.3, 0.4) is 0 Å². The SMILES string of the molecule is CC(CCO)CCC(=O)OCc1ccc(COC(=O)CCC(C)CCO)cc1. The summed E-state index contributed by atoms with van der Waals surface area (Å²) in [5, 5.41) is 17.7.